The van der Waals surface area contributed by atoms with E-state index < -0.39 is 15.9 Å². The lowest BCUT2D eigenvalue weighted by molar-refractivity contribution is 0.0955. The predicted octanol–water partition coefficient (Wildman–Crippen LogP) is 6.88. The van der Waals surface area contributed by atoms with Crippen molar-refractivity contribution in [1.82, 2.24) is 9.99 Å². The molecular weight excluding hydrogens is 584 g/mol. The number of benzene rings is 4. The van der Waals surface area contributed by atoms with Gasteiger partial charge < -0.3 is 9.30 Å². The number of rotatable bonds is 10. The highest BCUT2D eigenvalue weighted by Crippen LogP contribution is 2.30. The van der Waals surface area contributed by atoms with E-state index in [4.69, 9.17) is 4.74 Å². The van der Waals surface area contributed by atoms with E-state index in [1.54, 1.807) is 42.6 Å². The Morgan fingerprint density at radius 1 is 0.867 bits per heavy atom. The molecule has 0 fully saturated rings. The molecule has 0 saturated carbocycles. The molecule has 0 atom stereocenters. The maximum absolute atomic E-state index is 14.1. The molecule has 1 N–H and O–H groups in total. The zero-order chi connectivity index (χ0) is 32.1. The summed E-state index contributed by atoms with van der Waals surface area (Å²) in [7, 11) is -2.56. The molecule has 45 heavy (non-hydrogen) atoms. The highest BCUT2D eigenvalue weighted by Gasteiger charge is 2.29. The number of sulfonamides is 1. The Bertz CT molecular complexity index is 1940. The van der Waals surface area contributed by atoms with Crippen molar-refractivity contribution in [3.05, 3.63) is 142 Å². The van der Waals surface area contributed by atoms with Crippen LogP contribution in [-0.4, -0.2) is 32.2 Å². The summed E-state index contributed by atoms with van der Waals surface area (Å²) in [6.45, 7) is 8.25. The van der Waals surface area contributed by atoms with Gasteiger partial charge >= 0.3 is 0 Å². The fraction of sp³-hybridized carbons (Fsp3) is 0.167. The molecule has 0 aliphatic heterocycles. The zero-order valence-electron chi connectivity index (χ0n) is 26.0. The molecule has 0 aliphatic carbocycles. The quantitative estimate of drug-likeness (QED) is 0.136. The maximum atomic E-state index is 14.1. The first-order valence-corrected chi connectivity index (χ1v) is 15.9. The van der Waals surface area contributed by atoms with Crippen LogP contribution in [0.4, 0.5) is 5.69 Å². The predicted molar refractivity (Wildman–Crippen MR) is 179 cm³/mol. The van der Waals surface area contributed by atoms with Crippen LogP contribution in [-0.2, 0) is 16.6 Å². The van der Waals surface area contributed by atoms with Crippen molar-refractivity contribution in [1.29, 1.82) is 0 Å². The number of carbonyl (C=O) groups is 1. The van der Waals surface area contributed by atoms with Crippen molar-refractivity contribution >= 4 is 27.8 Å². The molecule has 5 rings (SSSR count). The van der Waals surface area contributed by atoms with Gasteiger partial charge in [0.2, 0.25) is 0 Å². The van der Waals surface area contributed by atoms with Gasteiger partial charge in [-0.25, -0.2) is 13.8 Å². The number of hydrazone groups is 1. The minimum atomic E-state index is -4.08. The normalized spacial score (nSPS) is 11.5. The molecule has 1 heterocycles. The van der Waals surface area contributed by atoms with Gasteiger partial charge in [0, 0.05) is 17.0 Å². The monoisotopic (exact) mass is 620 g/mol. The Morgan fingerprint density at radius 3 is 2.18 bits per heavy atom. The Kier molecular flexibility index (Phi) is 9.20. The highest BCUT2D eigenvalue weighted by atomic mass is 32.2. The van der Waals surface area contributed by atoms with Gasteiger partial charge in [0.15, 0.2) is 0 Å². The molecule has 0 saturated heterocycles. The molecule has 1 amide bonds. The van der Waals surface area contributed by atoms with Crippen molar-refractivity contribution in [3.8, 4) is 11.4 Å². The molecule has 4 aromatic carbocycles. The number of carbonyl (C=O) groups excluding carboxylic acids is 1. The minimum absolute atomic E-state index is 0.0209. The SMILES string of the molecule is COc1ccc(S(=O)(=O)N(Cc2ccccc2)c2ccccc2C(=O)N/N=C/c2cc(C)n(-c3c(C)cccc3C)c2C)cc1. The lowest BCUT2D eigenvalue weighted by Crippen LogP contribution is -2.33. The van der Waals surface area contributed by atoms with Crippen LogP contribution < -0.4 is 14.5 Å². The second kappa shape index (κ2) is 13.2. The molecule has 230 valence electrons. The van der Waals surface area contributed by atoms with E-state index in [1.165, 1.54) is 23.5 Å². The third-order valence-corrected chi connectivity index (χ3v) is 9.51. The number of anilines is 1. The highest BCUT2D eigenvalue weighted by molar-refractivity contribution is 7.92. The van der Waals surface area contributed by atoms with Crippen LogP contribution in [0.5, 0.6) is 5.75 Å². The number of ether oxygens (including phenoxy) is 1. The van der Waals surface area contributed by atoms with Gasteiger partial charge in [0.1, 0.15) is 5.75 Å². The summed E-state index contributed by atoms with van der Waals surface area (Å²) in [4.78, 5) is 13.6. The number of para-hydroxylation sites is 2. The summed E-state index contributed by atoms with van der Waals surface area (Å²) in [6.07, 6.45) is 1.61. The molecule has 0 bridgehead atoms. The van der Waals surface area contributed by atoms with Crippen molar-refractivity contribution in [2.24, 2.45) is 5.10 Å². The summed E-state index contributed by atoms with van der Waals surface area (Å²) >= 11 is 0. The second-order valence-corrected chi connectivity index (χ2v) is 12.7. The van der Waals surface area contributed by atoms with Crippen LogP contribution in [0, 0.1) is 27.7 Å². The third-order valence-electron chi connectivity index (χ3n) is 7.74. The molecule has 0 spiro atoms. The first-order valence-electron chi connectivity index (χ1n) is 14.5. The van der Waals surface area contributed by atoms with E-state index in [9.17, 15) is 13.2 Å². The summed E-state index contributed by atoms with van der Waals surface area (Å²) in [5.41, 5.74) is 10.1. The van der Waals surface area contributed by atoms with Crippen LogP contribution >= 0.6 is 0 Å². The smallest absolute Gasteiger partial charge is 0.273 e. The number of methoxy groups -OCH3 is 1. The van der Waals surface area contributed by atoms with Gasteiger partial charge in [0.05, 0.1) is 41.7 Å². The van der Waals surface area contributed by atoms with Gasteiger partial charge in [-0.05, 0) is 86.8 Å². The molecule has 5 aromatic rings. The Hall–Kier alpha value is -5.15. The van der Waals surface area contributed by atoms with Gasteiger partial charge in [-0.2, -0.15) is 5.10 Å². The number of aromatic nitrogens is 1. The van der Waals surface area contributed by atoms with Gasteiger partial charge in [-0.3, -0.25) is 9.10 Å². The van der Waals surface area contributed by atoms with Gasteiger partial charge in [-0.15, -0.1) is 0 Å². The van der Waals surface area contributed by atoms with Crippen LogP contribution in [0.2, 0.25) is 0 Å². The first kappa shape index (κ1) is 31.3. The van der Waals surface area contributed by atoms with Crippen molar-refractivity contribution in [2.45, 2.75) is 39.1 Å². The lowest BCUT2D eigenvalue weighted by atomic mass is 10.1. The van der Waals surface area contributed by atoms with Crippen LogP contribution in [0.1, 0.15) is 44.0 Å². The number of hydrogen-bond donors (Lipinski definition) is 1. The fourth-order valence-electron chi connectivity index (χ4n) is 5.45. The Morgan fingerprint density at radius 2 is 1.51 bits per heavy atom. The Labute approximate surface area is 264 Å². The average molecular weight is 621 g/mol. The first-order chi connectivity index (χ1) is 21.6. The summed E-state index contributed by atoms with van der Waals surface area (Å²) in [5, 5.41) is 4.28. The molecule has 0 aliphatic rings. The van der Waals surface area contributed by atoms with E-state index in [-0.39, 0.29) is 22.7 Å². The van der Waals surface area contributed by atoms with E-state index >= 15 is 0 Å². The summed E-state index contributed by atoms with van der Waals surface area (Å²) in [5.74, 6) is 0.00408. The third kappa shape index (κ3) is 6.53. The van der Waals surface area contributed by atoms with Gasteiger partial charge in [-0.1, -0.05) is 60.7 Å². The molecule has 0 radical (unpaired) electrons. The molecule has 1 aromatic heterocycles. The van der Waals surface area contributed by atoms with Crippen LogP contribution in [0.3, 0.4) is 0 Å². The number of nitrogens with zero attached hydrogens (tertiary/aromatic N) is 3. The number of hydrogen-bond acceptors (Lipinski definition) is 5. The number of amides is 1. The summed E-state index contributed by atoms with van der Waals surface area (Å²) < 4.78 is 36.8. The zero-order valence-corrected chi connectivity index (χ0v) is 26.8. The van der Waals surface area contributed by atoms with Gasteiger partial charge in [0.25, 0.3) is 15.9 Å². The van der Waals surface area contributed by atoms with E-state index in [0.717, 1.165) is 39.3 Å². The number of nitrogens with one attached hydrogen (secondary N) is 1. The number of aryl methyl sites for hydroxylation is 3. The average Bonchev–Trinajstić information content (AvgIpc) is 3.32. The fourth-order valence-corrected chi connectivity index (χ4v) is 6.92. The van der Waals surface area contributed by atoms with Crippen molar-refractivity contribution in [2.75, 3.05) is 11.4 Å². The van der Waals surface area contributed by atoms with E-state index in [1.807, 2.05) is 56.3 Å². The summed E-state index contributed by atoms with van der Waals surface area (Å²) in [6, 6.07) is 30.3. The molecule has 8 nitrogen and oxygen atoms in total. The lowest BCUT2D eigenvalue weighted by Gasteiger charge is -2.26. The van der Waals surface area contributed by atoms with Crippen molar-refractivity contribution < 1.29 is 17.9 Å². The molecule has 9 heteroatoms. The van der Waals surface area contributed by atoms with E-state index in [2.05, 4.69) is 41.1 Å². The second-order valence-electron chi connectivity index (χ2n) is 10.8. The van der Waals surface area contributed by atoms with Crippen LogP contribution in [0.25, 0.3) is 5.69 Å². The standard InChI is InChI=1S/C36H36N4O4S/c1-25-12-11-13-26(2)35(25)40-27(3)22-30(28(40)4)23-37-38-36(41)33-16-9-10-17-34(33)39(24-29-14-7-6-8-15-29)45(42,43)32-20-18-31(44-5)19-21-32/h6-23H,24H2,1-5H3,(H,38,41)/b37-23+. The minimum Gasteiger partial charge on any atom is -0.497 e. The topological polar surface area (TPSA) is 93.0 Å². The molecular formula is C36H36N4O4S. The maximum Gasteiger partial charge on any atom is 0.273 e. The molecule has 0 unspecified atom stereocenters. The van der Waals surface area contributed by atoms with E-state index in [0.29, 0.717) is 5.75 Å². The van der Waals surface area contributed by atoms with Crippen LogP contribution in [0.15, 0.2) is 113 Å². The Balaban J connectivity index is 1.47. The largest absolute Gasteiger partial charge is 0.497 e. The van der Waals surface area contributed by atoms with Crippen molar-refractivity contribution in [3.63, 3.8) is 0 Å².